The fourth-order valence-corrected chi connectivity index (χ4v) is 3.66. The second kappa shape index (κ2) is 6.10. The number of thiazole rings is 1. The summed E-state index contributed by atoms with van der Waals surface area (Å²) in [4.78, 5) is 26.0. The summed E-state index contributed by atoms with van der Waals surface area (Å²) in [6.07, 6.45) is 3.35. The van der Waals surface area contributed by atoms with Gasteiger partial charge in [-0.15, -0.1) is 0 Å². The number of aryl methyl sites for hydroxylation is 1. The van der Waals surface area contributed by atoms with Gasteiger partial charge in [0.25, 0.3) is 5.56 Å². The molecule has 6 nitrogen and oxygen atoms in total. The van der Waals surface area contributed by atoms with E-state index in [-0.39, 0.29) is 5.56 Å². The number of aliphatic imine (C=N–C) groups is 1. The lowest BCUT2D eigenvalue weighted by molar-refractivity contribution is 0.829. The van der Waals surface area contributed by atoms with E-state index in [1.54, 1.807) is 12.4 Å². The summed E-state index contributed by atoms with van der Waals surface area (Å²) < 4.78 is 2.52. The number of nitrogens with one attached hydrogen (secondary N) is 1. The number of rotatable bonds is 3. The maximum absolute atomic E-state index is 12.9. The molecule has 0 bridgehead atoms. The highest BCUT2D eigenvalue weighted by Gasteiger charge is 2.17. The van der Waals surface area contributed by atoms with Crippen molar-refractivity contribution in [2.75, 3.05) is 0 Å². The maximum Gasteiger partial charge on any atom is 0.282 e. The number of para-hydroxylation sites is 1. The molecule has 3 aromatic heterocycles. The molecular formula is C18H15N5OS. The number of benzene rings is 1. The highest BCUT2D eigenvalue weighted by atomic mass is 32.1. The number of aromatic amines is 1. The molecule has 7 heteroatoms. The Bertz CT molecular complexity index is 1100. The van der Waals surface area contributed by atoms with E-state index in [0.717, 1.165) is 15.9 Å². The van der Waals surface area contributed by atoms with Crippen molar-refractivity contribution >= 4 is 33.0 Å². The van der Waals surface area contributed by atoms with Crippen LogP contribution in [0.25, 0.3) is 15.3 Å². The predicted octanol–water partition coefficient (Wildman–Crippen LogP) is 3.62. The molecule has 0 unspecified atom stereocenters. The Kier molecular flexibility index (Phi) is 3.77. The molecular weight excluding hydrogens is 334 g/mol. The first-order chi connectivity index (χ1) is 12.1. The van der Waals surface area contributed by atoms with Crippen LogP contribution in [0.15, 0.2) is 58.6 Å². The highest BCUT2D eigenvalue weighted by Crippen LogP contribution is 2.23. The molecule has 0 aliphatic heterocycles. The van der Waals surface area contributed by atoms with E-state index >= 15 is 0 Å². The summed E-state index contributed by atoms with van der Waals surface area (Å²) in [5, 5.41) is 3.73. The minimum absolute atomic E-state index is 0.151. The zero-order valence-corrected chi connectivity index (χ0v) is 14.5. The Morgan fingerprint density at radius 1 is 1.24 bits per heavy atom. The maximum atomic E-state index is 12.9. The number of fused-ring (bicyclic) bond motifs is 1. The van der Waals surface area contributed by atoms with Crippen molar-refractivity contribution < 1.29 is 0 Å². The Labute approximate surface area is 147 Å². The molecule has 0 amide bonds. The number of H-pyrrole nitrogens is 1. The molecule has 0 radical (unpaired) electrons. The molecule has 0 atom stereocenters. The molecule has 4 rings (SSSR count). The van der Waals surface area contributed by atoms with Gasteiger partial charge >= 0.3 is 0 Å². The van der Waals surface area contributed by atoms with Crippen LogP contribution < -0.4 is 5.56 Å². The topological polar surface area (TPSA) is 75.9 Å². The first kappa shape index (κ1) is 15.5. The molecule has 0 fully saturated rings. The van der Waals surface area contributed by atoms with Gasteiger partial charge in [-0.2, -0.15) is 4.68 Å². The van der Waals surface area contributed by atoms with Crippen molar-refractivity contribution in [3.8, 4) is 5.13 Å². The molecule has 0 aliphatic carbocycles. The summed E-state index contributed by atoms with van der Waals surface area (Å²) in [5.74, 6) is 0. The summed E-state index contributed by atoms with van der Waals surface area (Å²) in [7, 11) is 0. The van der Waals surface area contributed by atoms with E-state index < -0.39 is 0 Å². The van der Waals surface area contributed by atoms with Gasteiger partial charge in [0.1, 0.15) is 0 Å². The standard InChI is InChI=1S/C18H15N5OS/c1-11(20-13-6-5-9-19-10-13)16-12(2)22-23(17(16)24)18-21-14-7-3-4-8-15(14)25-18/h3-10,22H,1-2H3. The van der Waals surface area contributed by atoms with E-state index in [9.17, 15) is 4.79 Å². The van der Waals surface area contributed by atoms with Crippen molar-refractivity contribution in [1.29, 1.82) is 0 Å². The third-order valence-electron chi connectivity index (χ3n) is 3.85. The second-order valence-corrected chi connectivity index (χ2v) is 6.63. The zero-order valence-electron chi connectivity index (χ0n) is 13.7. The molecule has 3 heterocycles. The molecule has 0 saturated carbocycles. The van der Waals surface area contributed by atoms with Crippen LogP contribution in [0.1, 0.15) is 18.2 Å². The van der Waals surface area contributed by atoms with Gasteiger partial charge in [0.05, 0.1) is 33.4 Å². The monoisotopic (exact) mass is 349 g/mol. The van der Waals surface area contributed by atoms with Crippen LogP contribution in [-0.4, -0.2) is 25.5 Å². The lowest BCUT2D eigenvalue weighted by atomic mass is 10.2. The van der Waals surface area contributed by atoms with Crippen LogP contribution in [0.2, 0.25) is 0 Å². The lowest BCUT2D eigenvalue weighted by Crippen LogP contribution is -2.19. The van der Waals surface area contributed by atoms with E-state index in [0.29, 0.717) is 22.1 Å². The van der Waals surface area contributed by atoms with E-state index in [2.05, 4.69) is 20.1 Å². The summed E-state index contributed by atoms with van der Waals surface area (Å²) in [5.41, 5.74) is 3.40. The normalized spacial score (nSPS) is 12.0. The van der Waals surface area contributed by atoms with E-state index in [4.69, 9.17) is 0 Å². The highest BCUT2D eigenvalue weighted by molar-refractivity contribution is 7.20. The van der Waals surface area contributed by atoms with Crippen molar-refractivity contribution in [3.05, 3.63) is 70.4 Å². The van der Waals surface area contributed by atoms with Gasteiger partial charge in [-0.3, -0.25) is 19.9 Å². The van der Waals surface area contributed by atoms with Crippen LogP contribution in [0.4, 0.5) is 5.69 Å². The van der Waals surface area contributed by atoms with E-state index in [1.807, 2.05) is 50.2 Å². The third-order valence-corrected chi connectivity index (χ3v) is 4.87. The molecule has 25 heavy (non-hydrogen) atoms. The van der Waals surface area contributed by atoms with Gasteiger partial charge in [-0.25, -0.2) is 4.98 Å². The second-order valence-electron chi connectivity index (χ2n) is 5.62. The number of hydrogen-bond acceptors (Lipinski definition) is 5. The van der Waals surface area contributed by atoms with Crippen LogP contribution >= 0.6 is 11.3 Å². The molecule has 124 valence electrons. The first-order valence-electron chi connectivity index (χ1n) is 7.77. The summed E-state index contributed by atoms with van der Waals surface area (Å²) in [6.45, 7) is 3.69. The quantitative estimate of drug-likeness (QED) is 0.574. The number of pyridine rings is 1. The predicted molar refractivity (Wildman–Crippen MR) is 100 cm³/mol. The van der Waals surface area contributed by atoms with E-state index in [1.165, 1.54) is 16.0 Å². The van der Waals surface area contributed by atoms with Crippen LogP contribution in [0.5, 0.6) is 0 Å². The molecule has 1 aromatic carbocycles. The molecule has 0 spiro atoms. The van der Waals surface area contributed by atoms with Gasteiger partial charge < -0.3 is 0 Å². The van der Waals surface area contributed by atoms with Gasteiger partial charge in [-0.05, 0) is 38.1 Å². The van der Waals surface area contributed by atoms with Crippen LogP contribution in [0, 0.1) is 6.92 Å². The fourth-order valence-electron chi connectivity index (χ4n) is 2.73. The molecule has 4 aromatic rings. The van der Waals surface area contributed by atoms with Crippen molar-refractivity contribution in [2.24, 2.45) is 4.99 Å². The van der Waals surface area contributed by atoms with Crippen molar-refractivity contribution in [3.63, 3.8) is 0 Å². The molecule has 0 saturated heterocycles. The van der Waals surface area contributed by atoms with Crippen molar-refractivity contribution in [2.45, 2.75) is 13.8 Å². The number of aromatic nitrogens is 4. The van der Waals surface area contributed by atoms with Gasteiger partial charge in [-0.1, -0.05) is 23.5 Å². The van der Waals surface area contributed by atoms with Gasteiger partial charge in [0.15, 0.2) is 0 Å². The minimum atomic E-state index is -0.151. The SMILES string of the molecule is CC(=Nc1cccnc1)c1c(C)[nH]n(-c2nc3ccccc3s2)c1=O. The fraction of sp³-hybridized carbons (Fsp3) is 0.111. The zero-order chi connectivity index (χ0) is 17.4. The average molecular weight is 349 g/mol. The van der Waals surface area contributed by atoms with Gasteiger partial charge in [0, 0.05) is 11.9 Å². The van der Waals surface area contributed by atoms with Crippen LogP contribution in [-0.2, 0) is 0 Å². The van der Waals surface area contributed by atoms with Crippen LogP contribution in [0.3, 0.4) is 0 Å². The Morgan fingerprint density at radius 3 is 2.84 bits per heavy atom. The number of hydrogen-bond donors (Lipinski definition) is 1. The first-order valence-corrected chi connectivity index (χ1v) is 8.58. The van der Waals surface area contributed by atoms with Gasteiger partial charge in [0.2, 0.25) is 5.13 Å². The number of nitrogens with zero attached hydrogens (tertiary/aromatic N) is 4. The Balaban J connectivity index is 1.81. The minimum Gasteiger partial charge on any atom is -0.293 e. The largest absolute Gasteiger partial charge is 0.293 e. The third kappa shape index (κ3) is 2.78. The molecule has 0 aliphatic rings. The Hall–Kier alpha value is -3.06. The molecule has 1 N–H and O–H groups in total. The van der Waals surface area contributed by atoms with Crippen molar-refractivity contribution in [1.82, 2.24) is 19.7 Å². The summed E-state index contributed by atoms with van der Waals surface area (Å²) in [6, 6.07) is 11.5. The Morgan fingerprint density at radius 2 is 2.08 bits per heavy atom. The average Bonchev–Trinajstić information content (AvgIpc) is 3.16. The smallest absolute Gasteiger partial charge is 0.282 e. The summed E-state index contributed by atoms with van der Waals surface area (Å²) >= 11 is 1.47. The lowest BCUT2D eigenvalue weighted by Gasteiger charge is -1.97.